The Balaban J connectivity index is 2.08. The van der Waals surface area contributed by atoms with E-state index in [2.05, 4.69) is 22.2 Å². The van der Waals surface area contributed by atoms with Crippen molar-refractivity contribution in [3.8, 4) is 5.75 Å². The Kier molecular flexibility index (Phi) is 6.67. The fourth-order valence-corrected chi connectivity index (χ4v) is 2.81. The standard InChI is InChI=1S/C19H31N3O3/c1-19(2,3)25-18(23)20-17(14-22-12-10-21(4)11-13-22)15-6-8-16(24-5)9-7-15/h6-9,17H,10-14H2,1-5H3,(H,20,23)/t17-/m1/s1. The Bertz CT molecular complexity index is 546. The third-order valence-electron chi connectivity index (χ3n) is 4.25. The highest BCUT2D eigenvalue weighted by Crippen LogP contribution is 2.20. The van der Waals surface area contributed by atoms with Gasteiger partial charge in [-0.25, -0.2) is 4.79 Å². The van der Waals surface area contributed by atoms with Crippen LogP contribution in [0.3, 0.4) is 0 Å². The van der Waals surface area contributed by atoms with Gasteiger partial charge in [0.05, 0.1) is 13.2 Å². The largest absolute Gasteiger partial charge is 0.497 e. The number of nitrogens with one attached hydrogen (secondary N) is 1. The van der Waals surface area contributed by atoms with E-state index in [0.29, 0.717) is 0 Å². The summed E-state index contributed by atoms with van der Waals surface area (Å²) >= 11 is 0. The Morgan fingerprint density at radius 2 is 1.76 bits per heavy atom. The fraction of sp³-hybridized carbons (Fsp3) is 0.632. The zero-order valence-electron chi connectivity index (χ0n) is 16.0. The quantitative estimate of drug-likeness (QED) is 0.885. The van der Waals surface area contributed by atoms with E-state index in [1.807, 2.05) is 45.0 Å². The highest BCUT2D eigenvalue weighted by Gasteiger charge is 2.24. The first kappa shape index (κ1) is 19.5. The molecule has 25 heavy (non-hydrogen) atoms. The van der Waals surface area contributed by atoms with Crippen molar-refractivity contribution in [3.63, 3.8) is 0 Å². The number of alkyl carbamates (subject to hydrolysis) is 1. The number of methoxy groups -OCH3 is 1. The number of carbonyl (C=O) groups is 1. The molecule has 0 aromatic heterocycles. The Morgan fingerprint density at radius 1 is 1.16 bits per heavy atom. The summed E-state index contributed by atoms with van der Waals surface area (Å²) < 4.78 is 10.7. The van der Waals surface area contributed by atoms with Gasteiger partial charge in [-0.1, -0.05) is 12.1 Å². The number of benzene rings is 1. The van der Waals surface area contributed by atoms with Gasteiger partial charge in [0.15, 0.2) is 0 Å². The second kappa shape index (κ2) is 8.54. The molecular formula is C19H31N3O3. The topological polar surface area (TPSA) is 54.0 Å². The van der Waals surface area contributed by atoms with Crippen molar-refractivity contribution in [1.82, 2.24) is 15.1 Å². The van der Waals surface area contributed by atoms with Crippen molar-refractivity contribution >= 4 is 6.09 Å². The van der Waals surface area contributed by atoms with E-state index in [1.54, 1.807) is 7.11 Å². The van der Waals surface area contributed by atoms with E-state index < -0.39 is 5.60 Å². The molecule has 1 saturated heterocycles. The molecule has 1 amide bonds. The van der Waals surface area contributed by atoms with Gasteiger partial charge in [-0.2, -0.15) is 0 Å². The summed E-state index contributed by atoms with van der Waals surface area (Å²) in [5.74, 6) is 0.805. The zero-order valence-corrected chi connectivity index (χ0v) is 16.0. The molecule has 0 aliphatic carbocycles. The number of carbonyl (C=O) groups excluding carboxylic acids is 1. The van der Waals surface area contributed by atoms with Crippen molar-refractivity contribution in [2.24, 2.45) is 0 Å². The van der Waals surface area contributed by atoms with Crippen LogP contribution in [-0.2, 0) is 4.74 Å². The number of hydrogen-bond acceptors (Lipinski definition) is 5. The number of rotatable bonds is 5. The molecule has 1 atom stereocenters. The van der Waals surface area contributed by atoms with Crippen LogP contribution in [0.15, 0.2) is 24.3 Å². The maximum absolute atomic E-state index is 12.3. The molecule has 6 nitrogen and oxygen atoms in total. The average Bonchev–Trinajstić information content (AvgIpc) is 2.54. The molecule has 1 aromatic carbocycles. The van der Waals surface area contributed by atoms with Crippen LogP contribution in [0.25, 0.3) is 0 Å². The molecule has 1 fully saturated rings. The monoisotopic (exact) mass is 349 g/mol. The van der Waals surface area contributed by atoms with Crippen molar-refractivity contribution in [1.29, 1.82) is 0 Å². The van der Waals surface area contributed by atoms with Crippen LogP contribution in [0.2, 0.25) is 0 Å². The summed E-state index contributed by atoms with van der Waals surface area (Å²) in [5.41, 5.74) is 0.535. The molecule has 1 aliphatic rings. The molecule has 6 heteroatoms. The van der Waals surface area contributed by atoms with Gasteiger partial charge in [0.1, 0.15) is 11.4 Å². The first-order valence-corrected chi connectivity index (χ1v) is 8.81. The number of hydrogen-bond donors (Lipinski definition) is 1. The van der Waals surface area contributed by atoms with Crippen LogP contribution in [0.5, 0.6) is 5.75 Å². The number of nitrogens with zero attached hydrogens (tertiary/aromatic N) is 2. The van der Waals surface area contributed by atoms with Gasteiger partial charge < -0.3 is 19.7 Å². The van der Waals surface area contributed by atoms with Crippen molar-refractivity contribution < 1.29 is 14.3 Å². The van der Waals surface area contributed by atoms with Crippen LogP contribution in [0, 0.1) is 0 Å². The molecule has 1 aliphatic heterocycles. The van der Waals surface area contributed by atoms with E-state index in [-0.39, 0.29) is 12.1 Å². The summed E-state index contributed by atoms with van der Waals surface area (Å²) in [6, 6.07) is 7.71. The fourth-order valence-electron chi connectivity index (χ4n) is 2.81. The average molecular weight is 349 g/mol. The molecule has 1 N–H and O–H groups in total. The highest BCUT2D eigenvalue weighted by molar-refractivity contribution is 5.68. The van der Waals surface area contributed by atoms with E-state index in [1.165, 1.54) is 0 Å². The van der Waals surface area contributed by atoms with E-state index in [4.69, 9.17) is 9.47 Å². The molecule has 1 aromatic rings. The predicted octanol–water partition coefficient (Wildman–Crippen LogP) is 2.51. The minimum atomic E-state index is -0.512. The van der Waals surface area contributed by atoms with Crippen molar-refractivity contribution in [2.75, 3.05) is 46.9 Å². The van der Waals surface area contributed by atoms with Gasteiger partial charge in [0, 0.05) is 32.7 Å². The molecule has 1 heterocycles. The zero-order chi connectivity index (χ0) is 18.4. The first-order chi connectivity index (χ1) is 11.8. The lowest BCUT2D eigenvalue weighted by Crippen LogP contribution is -2.48. The number of piperazine rings is 1. The molecular weight excluding hydrogens is 318 g/mol. The van der Waals surface area contributed by atoms with Gasteiger partial charge >= 0.3 is 6.09 Å². The maximum Gasteiger partial charge on any atom is 0.408 e. The lowest BCUT2D eigenvalue weighted by Gasteiger charge is -2.35. The number of likely N-dealkylation sites (N-methyl/N-ethyl adjacent to an activating group) is 1. The second-order valence-corrected chi connectivity index (χ2v) is 7.58. The molecule has 0 radical (unpaired) electrons. The van der Waals surface area contributed by atoms with Crippen LogP contribution in [0.1, 0.15) is 32.4 Å². The van der Waals surface area contributed by atoms with Crippen LogP contribution >= 0.6 is 0 Å². The van der Waals surface area contributed by atoms with Gasteiger partial charge in [-0.3, -0.25) is 4.90 Å². The van der Waals surface area contributed by atoms with Crippen LogP contribution in [-0.4, -0.2) is 68.4 Å². The summed E-state index contributed by atoms with van der Waals surface area (Å²) in [6.07, 6.45) is -0.387. The normalized spacial score (nSPS) is 17.8. The molecule has 0 spiro atoms. The number of amides is 1. The van der Waals surface area contributed by atoms with E-state index >= 15 is 0 Å². The molecule has 0 unspecified atom stereocenters. The SMILES string of the molecule is COc1ccc([C@@H](CN2CCN(C)CC2)NC(=O)OC(C)(C)C)cc1. The van der Waals surface area contributed by atoms with Gasteiger partial charge in [0.25, 0.3) is 0 Å². The Hall–Kier alpha value is -1.79. The maximum atomic E-state index is 12.3. The lowest BCUT2D eigenvalue weighted by molar-refractivity contribution is 0.0481. The molecule has 2 rings (SSSR count). The molecule has 140 valence electrons. The summed E-state index contributed by atoms with van der Waals surface area (Å²) in [6.45, 7) is 10.5. The Labute approximate surface area is 151 Å². The van der Waals surface area contributed by atoms with E-state index in [9.17, 15) is 4.79 Å². The summed E-state index contributed by atoms with van der Waals surface area (Å²) in [4.78, 5) is 17.0. The smallest absolute Gasteiger partial charge is 0.408 e. The lowest BCUT2D eigenvalue weighted by atomic mass is 10.1. The van der Waals surface area contributed by atoms with Crippen LogP contribution < -0.4 is 10.1 Å². The van der Waals surface area contributed by atoms with Crippen molar-refractivity contribution in [3.05, 3.63) is 29.8 Å². The Morgan fingerprint density at radius 3 is 2.28 bits per heavy atom. The number of ether oxygens (including phenoxy) is 2. The van der Waals surface area contributed by atoms with Gasteiger partial charge in [-0.05, 0) is 45.5 Å². The third-order valence-corrected chi connectivity index (χ3v) is 4.25. The van der Waals surface area contributed by atoms with Gasteiger partial charge in [0.2, 0.25) is 0 Å². The van der Waals surface area contributed by atoms with Gasteiger partial charge in [-0.15, -0.1) is 0 Å². The summed E-state index contributed by atoms with van der Waals surface area (Å²) in [5, 5.41) is 3.03. The minimum absolute atomic E-state index is 0.121. The van der Waals surface area contributed by atoms with Crippen molar-refractivity contribution in [2.45, 2.75) is 32.4 Å². The predicted molar refractivity (Wildman–Crippen MR) is 99.0 cm³/mol. The van der Waals surface area contributed by atoms with Crippen LogP contribution in [0.4, 0.5) is 4.79 Å². The second-order valence-electron chi connectivity index (χ2n) is 7.58. The summed E-state index contributed by atoms with van der Waals surface area (Å²) in [7, 11) is 3.78. The molecule has 0 saturated carbocycles. The van der Waals surface area contributed by atoms with E-state index in [0.717, 1.165) is 44.0 Å². The third kappa shape index (κ3) is 6.55. The molecule has 0 bridgehead atoms. The first-order valence-electron chi connectivity index (χ1n) is 8.81. The minimum Gasteiger partial charge on any atom is -0.497 e. The highest BCUT2D eigenvalue weighted by atomic mass is 16.6.